The molecule has 2 aromatic heterocycles. The molecule has 21 heavy (non-hydrogen) atoms. The molecule has 4 heteroatoms. The lowest BCUT2D eigenvalue weighted by atomic mass is 9.90. The number of nitrogens with zero attached hydrogens (tertiary/aromatic N) is 2. The Kier molecular flexibility index (Phi) is 4.36. The molecule has 0 aliphatic carbocycles. The van der Waals surface area contributed by atoms with E-state index in [9.17, 15) is 4.79 Å². The Morgan fingerprint density at radius 1 is 1.14 bits per heavy atom. The average Bonchev–Trinajstić information content (AvgIpc) is 2.47. The summed E-state index contributed by atoms with van der Waals surface area (Å²) in [5, 5.41) is 0. The molecule has 0 amide bonds. The van der Waals surface area contributed by atoms with Gasteiger partial charge in [-0.1, -0.05) is 20.8 Å². The highest BCUT2D eigenvalue weighted by atomic mass is 16.5. The van der Waals surface area contributed by atoms with E-state index in [4.69, 9.17) is 4.74 Å². The SMILES string of the molecule is CCOC(=O)c1ccc(C(C)(C)C)nc1-c1ccncc1. The van der Waals surface area contributed by atoms with Gasteiger partial charge in [-0.25, -0.2) is 4.79 Å². The first-order chi connectivity index (χ1) is 9.93. The molecule has 0 aromatic carbocycles. The molecular weight excluding hydrogens is 264 g/mol. The van der Waals surface area contributed by atoms with E-state index in [0.717, 1.165) is 11.3 Å². The molecule has 0 aliphatic heterocycles. The third-order valence-electron chi connectivity index (χ3n) is 3.11. The highest BCUT2D eigenvalue weighted by Gasteiger charge is 2.21. The smallest absolute Gasteiger partial charge is 0.340 e. The predicted molar refractivity (Wildman–Crippen MR) is 82.1 cm³/mol. The van der Waals surface area contributed by atoms with E-state index in [2.05, 4.69) is 30.7 Å². The average molecular weight is 284 g/mol. The van der Waals surface area contributed by atoms with Crippen molar-refractivity contribution in [1.29, 1.82) is 0 Å². The Morgan fingerprint density at radius 2 is 1.81 bits per heavy atom. The number of aromatic nitrogens is 2. The normalized spacial score (nSPS) is 11.2. The molecule has 0 aliphatic rings. The molecule has 0 N–H and O–H groups in total. The first-order valence-corrected chi connectivity index (χ1v) is 7.02. The Balaban J connectivity index is 2.59. The van der Waals surface area contributed by atoms with Crippen molar-refractivity contribution in [2.75, 3.05) is 6.61 Å². The molecular formula is C17H20N2O2. The van der Waals surface area contributed by atoms with Gasteiger partial charge in [-0.15, -0.1) is 0 Å². The Labute approximate surface area is 125 Å². The van der Waals surface area contributed by atoms with Gasteiger partial charge in [0.2, 0.25) is 0 Å². The van der Waals surface area contributed by atoms with Crippen LogP contribution >= 0.6 is 0 Å². The number of ether oxygens (including phenoxy) is 1. The van der Waals surface area contributed by atoms with Gasteiger partial charge in [0.15, 0.2) is 0 Å². The van der Waals surface area contributed by atoms with Gasteiger partial charge >= 0.3 is 5.97 Å². The summed E-state index contributed by atoms with van der Waals surface area (Å²) in [7, 11) is 0. The van der Waals surface area contributed by atoms with Gasteiger partial charge in [-0.3, -0.25) is 9.97 Å². The third kappa shape index (κ3) is 3.45. The molecule has 0 spiro atoms. The van der Waals surface area contributed by atoms with Crippen LogP contribution in [0.4, 0.5) is 0 Å². The standard InChI is InChI=1S/C17H20N2O2/c1-5-21-16(20)13-6-7-14(17(2,3)4)19-15(13)12-8-10-18-11-9-12/h6-11H,5H2,1-4H3. The fourth-order valence-corrected chi connectivity index (χ4v) is 1.98. The molecule has 110 valence electrons. The number of esters is 1. The van der Waals surface area contributed by atoms with E-state index in [1.807, 2.05) is 18.2 Å². The molecule has 0 saturated heterocycles. The maximum atomic E-state index is 12.1. The fourth-order valence-electron chi connectivity index (χ4n) is 1.98. The van der Waals surface area contributed by atoms with Crippen LogP contribution in [0.1, 0.15) is 43.7 Å². The lowest BCUT2D eigenvalue weighted by molar-refractivity contribution is 0.0527. The largest absolute Gasteiger partial charge is 0.462 e. The number of hydrogen-bond donors (Lipinski definition) is 0. The number of carbonyl (C=O) groups is 1. The molecule has 4 nitrogen and oxygen atoms in total. The van der Waals surface area contributed by atoms with Crippen molar-refractivity contribution in [2.45, 2.75) is 33.1 Å². The summed E-state index contributed by atoms with van der Waals surface area (Å²) < 4.78 is 5.12. The Morgan fingerprint density at radius 3 is 2.38 bits per heavy atom. The van der Waals surface area contributed by atoms with Crippen molar-refractivity contribution in [3.8, 4) is 11.3 Å². The second-order valence-electron chi connectivity index (χ2n) is 5.80. The van der Waals surface area contributed by atoms with Gasteiger partial charge in [0, 0.05) is 29.1 Å². The maximum absolute atomic E-state index is 12.1. The minimum absolute atomic E-state index is 0.0883. The van der Waals surface area contributed by atoms with Gasteiger partial charge in [0.25, 0.3) is 0 Å². The third-order valence-corrected chi connectivity index (χ3v) is 3.11. The van der Waals surface area contributed by atoms with Crippen molar-refractivity contribution < 1.29 is 9.53 Å². The van der Waals surface area contributed by atoms with E-state index < -0.39 is 0 Å². The molecule has 0 fully saturated rings. The van der Waals surface area contributed by atoms with Gasteiger partial charge in [-0.05, 0) is 31.2 Å². The summed E-state index contributed by atoms with van der Waals surface area (Å²) in [6, 6.07) is 7.37. The summed E-state index contributed by atoms with van der Waals surface area (Å²) in [6.07, 6.45) is 3.38. The zero-order valence-electron chi connectivity index (χ0n) is 12.9. The number of rotatable bonds is 3. The maximum Gasteiger partial charge on any atom is 0.340 e. The van der Waals surface area contributed by atoms with Gasteiger partial charge in [0.1, 0.15) is 0 Å². The number of carbonyl (C=O) groups excluding carboxylic acids is 1. The van der Waals surface area contributed by atoms with Crippen molar-refractivity contribution in [3.05, 3.63) is 47.9 Å². The van der Waals surface area contributed by atoms with Crippen LogP contribution in [0.2, 0.25) is 0 Å². The predicted octanol–water partition coefficient (Wildman–Crippen LogP) is 3.62. The monoisotopic (exact) mass is 284 g/mol. The van der Waals surface area contributed by atoms with Crippen LogP contribution in [0.5, 0.6) is 0 Å². The van der Waals surface area contributed by atoms with E-state index in [1.54, 1.807) is 25.4 Å². The highest BCUT2D eigenvalue weighted by molar-refractivity contribution is 5.96. The molecule has 2 rings (SSSR count). The van der Waals surface area contributed by atoms with Crippen LogP contribution < -0.4 is 0 Å². The number of pyridine rings is 2. The van der Waals surface area contributed by atoms with Crippen LogP contribution in [0.3, 0.4) is 0 Å². The van der Waals surface area contributed by atoms with Crippen LogP contribution in [0.15, 0.2) is 36.7 Å². The minimum Gasteiger partial charge on any atom is -0.462 e. The van der Waals surface area contributed by atoms with E-state index in [-0.39, 0.29) is 11.4 Å². The lowest BCUT2D eigenvalue weighted by Crippen LogP contribution is -2.16. The van der Waals surface area contributed by atoms with E-state index in [1.165, 1.54) is 0 Å². The van der Waals surface area contributed by atoms with Gasteiger partial charge in [-0.2, -0.15) is 0 Å². The second-order valence-corrected chi connectivity index (χ2v) is 5.80. The van der Waals surface area contributed by atoms with E-state index >= 15 is 0 Å². The van der Waals surface area contributed by atoms with Crippen molar-refractivity contribution in [1.82, 2.24) is 9.97 Å². The first-order valence-electron chi connectivity index (χ1n) is 7.02. The summed E-state index contributed by atoms with van der Waals surface area (Å²) in [5.41, 5.74) is 2.83. The Bertz CT molecular complexity index is 631. The number of hydrogen-bond acceptors (Lipinski definition) is 4. The zero-order valence-corrected chi connectivity index (χ0v) is 12.9. The van der Waals surface area contributed by atoms with Crippen LogP contribution in [-0.2, 0) is 10.2 Å². The molecule has 0 saturated carbocycles. The Hall–Kier alpha value is -2.23. The van der Waals surface area contributed by atoms with Gasteiger partial charge < -0.3 is 4.74 Å². The quantitative estimate of drug-likeness (QED) is 0.808. The summed E-state index contributed by atoms with van der Waals surface area (Å²) in [4.78, 5) is 20.8. The van der Waals surface area contributed by atoms with Crippen molar-refractivity contribution >= 4 is 5.97 Å². The fraction of sp³-hybridized carbons (Fsp3) is 0.353. The van der Waals surface area contributed by atoms with Crippen LogP contribution in [0, 0.1) is 0 Å². The van der Waals surface area contributed by atoms with Gasteiger partial charge in [0.05, 0.1) is 17.9 Å². The van der Waals surface area contributed by atoms with E-state index in [0.29, 0.717) is 17.9 Å². The second kappa shape index (κ2) is 6.04. The molecule has 2 heterocycles. The molecule has 0 radical (unpaired) electrons. The van der Waals surface area contributed by atoms with Crippen LogP contribution in [0.25, 0.3) is 11.3 Å². The highest BCUT2D eigenvalue weighted by Crippen LogP contribution is 2.27. The van der Waals surface area contributed by atoms with Crippen molar-refractivity contribution in [2.24, 2.45) is 0 Å². The summed E-state index contributed by atoms with van der Waals surface area (Å²) in [5.74, 6) is -0.350. The molecule has 0 atom stereocenters. The summed E-state index contributed by atoms with van der Waals surface area (Å²) >= 11 is 0. The van der Waals surface area contributed by atoms with Crippen LogP contribution in [-0.4, -0.2) is 22.5 Å². The summed E-state index contributed by atoms with van der Waals surface area (Å²) in [6.45, 7) is 8.41. The molecule has 0 unspecified atom stereocenters. The topological polar surface area (TPSA) is 52.1 Å². The lowest BCUT2D eigenvalue weighted by Gasteiger charge is -2.19. The molecule has 2 aromatic rings. The minimum atomic E-state index is -0.350. The van der Waals surface area contributed by atoms with Crippen molar-refractivity contribution in [3.63, 3.8) is 0 Å². The first kappa shape index (κ1) is 15.2. The molecule has 0 bridgehead atoms. The zero-order chi connectivity index (χ0) is 15.5.